The summed E-state index contributed by atoms with van der Waals surface area (Å²) in [5.41, 5.74) is 28.4. The minimum Gasteiger partial charge on any atom is -0.236 e. The summed E-state index contributed by atoms with van der Waals surface area (Å²) < 4.78 is 61.9. The van der Waals surface area contributed by atoms with E-state index in [4.69, 9.17) is 0 Å². The minimum atomic E-state index is -4.37. The lowest BCUT2D eigenvalue weighted by molar-refractivity contribution is -0.680. The van der Waals surface area contributed by atoms with Gasteiger partial charge in [0, 0.05) is 102 Å². The van der Waals surface area contributed by atoms with Crippen molar-refractivity contribution in [1.82, 2.24) is 39.9 Å². The van der Waals surface area contributed by atoms with E-state index in [-0.39, 0.29) is 11.1 Å². The van der Waals surface area contributed by atoms with Gasteiger partial charge in [-0.15, -0.1) is 34.0 Å². The molecule has 0 aliphatic rings. The molecule has 0 N–H and O–H groups in total. The van der Waals surface area contributed by atoms with E-state index in [1.54, 1.807) is 40.4 Å². The quantitative estimate of drug-likeness (QED) is 0.103. The van der Waals surface area contributed by atoms with E-state index in [1.807, 2.05) is 84.3 Å². The molecule has 0 atom stereocenters. The number of aryl methyl sites for hydroxylation is 29. The number of benzene rings is 8. The van der Waals surface area contributed by atoms with Gasteiger partial charge in [-0.05, 0) is 226 Å². The van der Waals surface area contributed by atoms with Crippen molar-refractivity contribution in [2.45, 2.75) is 202 Å². The van der Waals surface area contributed by atoms with Gasteiger partial charge in [0.25, 0.3) is 49.9 Å². The molecule has 0 saturated heterocycles. The molecule has 8 aromatic carbocycles. The van der Waals surface area contributed by atoms with Gasteiger partial charge in [-0.25, -0.2) is 41.1 Å². The van der Waals surface area contributed by atoms with Crippen LogP contribution in [0.25, 0.3) is 117 Å². The number of fused-ring (bicyclic) bond motifs is 11. The second-order valence-corrected chi connectivity index (χ2v) is 39.0. The fourth-order valence-electron chi connectivity index (χ4n) is 18.3. The third kappa shape index (κ3) is 23.3. The van der Waals surface area contributed by atoms with Gasteiger partial charge >= 0.3 is 6.18 Å². The number of hydrogen-bond donors (Lipinski definition) is 0. The summed E-state index contributed by atoms with van der Waals surface area (Å²) in [7, 11) is 18.3. The highest BCUT2D eigenvalue weighted by molar-refractivity contribution is 7.19. The van der Waals surface area contributed by atoms with Gasteiger partial charge in [-0.3, -0.25) is 0 Å². The maximum atomic E-state index is 13.1. The molecule has 20 aromatic rings. The third-order valence-electron chi connectivity index (χ3n) is 26.0. The maximum absolute atomic E-state index is 13.1. The zero-order valence-electron chi connectivity index (χ0n) is 85.8. The standard InChI is InChI=1S/2C17H18N.C13H14F3N2.C13H17N2.2C12H15N2.C11H15N2S.C10H13N2S.C9H12N3S/c1-4-17-16-11-13-6-5-12(2)9-15(13)10-14(16)7-8-18(17)3;1-4-17-16-11-15-9-12(2)5-6-13(15)10-14(16)7-8-18(17)3;1-4-10-9-6-5-8(2)11(13(14,15)16)12(9)17-7-18(10)3;1-5-12-11-7-6-9(2)10(3)13(11)14-8-15(12)4;1-4-12-10-7-9(2)5-6-11(10)13-8-14(12)3;1-4-12-10-6-5-9(2)7-11(10)13-8-14(12)3;1-5-9-11-10(12-6-13(9)4)7(2)8(3)14-11;1-4-8-10-9(7(2)5-13-10)11-6-12(8)3;1-4-7-8-9(10-5-12(7)3)11-6(2)13-8/h2*5-11H,4H2,1-3H3;5-7H,4H2,1-3H3;6-8H,5H2,1-4H3;2*5-8H,4H2,1-3H3;6H,5H2,1-4H3;5-6H,4H2,1-3H3;5H,4H2,1-3H3/q9*+1. The number of pyridine rings is 2. The van der Waals surface area contributed by atoms with Gasteiger partial charge in [0.1, 0.15) is 73.6 Å². The molecular weight excluding hydrogens is 1760 g/mol. The molecule has 0 unspecified atom stereocenters. The van der Waals surface area contributed by atoms with Gasteiger partial charge in [-0.1, -0.05) is 140 Å². The SMILES string of the molecule is CCc1c2cc(C)ccc2nc[n+]1C.CCc1c2cc3cc(C)ccc3cc2cc[n+]1C.CCc1c2cc3ccc(C)cc3cc2cc[n+]1C.CCc1c2ccc(C)c(C(F)(F)F)c2nc[n+]1C.CCc1c2ccc(C)c(C)c2nc[n+]1C.CCc1c2ccc(C)cc2nc[n+]1C.CCc1c2sc(C)c(C)c2nc[n+]1C.CCc1c2sc(C)nc2nc[n+]1C.CCc1c2scc(C)c2nc[n+]1C. The van der Waals surface area contributed by atoms with Crippen molar-refractivity contribution >= 4 is 151 Å². The summed E-state index contributed by atoms with van der Waals surface area (Å²) >= 11 is 5.38. The first-order valence-electron chi connectivity index (χ1n) is 47.7. The number of alkyl halides is 3. The Morgan fingerprint density at radius 2 is 0.664 bits per heavy atom. The molecule has 20 rings (SSSR count). The van der Waals surface area contributed by atoms with E-state index in [0.717, 1.165) is 84.3 Å². The van der Waals surface area contributed by atoms with E-state index in [9.17, 15) is 13.2 Å². The molecule has 0 bridgehead atoms. The number of thiazole rings is 1. The summed E-state index contributed by atoms with van der Waals surface area (Å²) in [4.78, 5) is 36.2. The van der Waals surface area contributed by atoms with Crippen LogP contribution in [0, 0.1) is 76.2 Å². The monoisotopic (exact) mass is 1900 g/mol. The summed E-state index contributed by atoms with van der Waals surface area (Å²) in [5.74, 6) is 0. The molecule has 0 spiro atoms. The van der Waals surface area contributed by atoms with Crippen LogP contribution in [0.1, 0.15) is 179 Å². The summed E-state index contributed by atoms with van der Waals surface area (Å²) in [6, 6.07) is 47.4. The number of rotatable bonds is 9. The lowest BCUT2D eigenvalue weighted by Crippen LogP contribution is -2.34. The Bertz CT molecular complexity index is 7810. The Kier molecular flexibility index (Phi) is 34.3. The highest BCUT2D eigenvalue weighted by atomic mass is 32.1. The third-order valence-corrected chi connectivity index (χ3v) is 29.4. The maximum Gasteiger partial charge on any atom is 0.420 e. The van der Waals surface area contributed by atoms with E-state index in [0.29, 0.717) is 11.8 Å². The van der Waals surface area contributed by atoms with Crippen molar-refractivity contribution in [3.8, 4) is 0 Å². The van der Waals surface area contributed by atoms with Crippen molar-refractivity contribution in [2.24, 2.45) is 63.4 Å². The van der Waals surface area contributed by atoms with Gasteiger partial charge in [0.2, 0.25) is 0 Å². The second kappa shape index (κ2) is 45.5. The fraction of sp³-hybridized carbons (Fsp3) is 0.342. The minimum absolute atomic E-state index is 0.0393. The normalized spacial score (nSPS) is 11.2. The van der Waals surface area contributed by atoms with Crippen molar-refractivity contribution in [1.29, 1.82) is 0 Å². The molecule has 23 heteroatoms. The largest absolute Gasteiger partial charge is 0.420 e. The van der Waals surface area contributed by atoms with Crippen LogP contribution >= 0.6 is 34.0 Å². The molecule has 0 aliphatic carbocycles. The molecule has 0 aliphatic heterocycles. The van der Waals surface area contributed by atoms with E-state index >= 15 is 0 Å². The first-order valence-corrected chi connectivity index (χ1v) is 50.2. The van der Waals surface area contributed by atoms with Crippen molar-refractivity contribution < 1.29 is 54.3 Å². The van der Waals surface area contributed by atoms with Crippen LogP contribution < -0.4 is 41.1 Å². The Balaban J connectivity index is 0.000000139. The fourth-order valence-corrected chi connectivity index (χ4v) is 21.7. The van der Waals surface area contributed by atoms with Gasteiger partial charge < -0.3 is 0 Å². The van der Waals surface area contributed by atoms with E-state index < -0.39 is 11.7 Å². The van der Waals surface area contributed by atoms with Gasteiger partial charge in [-0.2, -0.15) is 18.2 Å². The molecule has 0 radical (unpaired) electrons. The molecule has 708 valence electrons. The van der Waals surface area contributed by atoms with E-state index in [2.05, 4.69) is 368 Å². The van der Waals surface area contributed by atoms with Crippen LogP contribution in [0.5, 0.6) is 0 Å². The average molecular weight is 1900 g/mol. The smallest absolute Gasteiger partial charge is 0.236 e. The van der Waals surface area contributed by atoms with Crippen molar-refractivity contribution in [2.75, 3.05) is 0 Å². The zero-order chi connectivity index (χ0) is 99.3. The average Bonchev–Trinajstić information content (AvgIpc) is 1.70. The number of thiophene rings is 2. The molecule has 0 saturated carbocycles. The summed E-state index contributed by atoms with van der Waals surface area (Å²) in [6.45, 7) is 42.1. The Hall–Kier alpha value is -12.7. The van der Waals surface area contributed by atoms with Crippen LogP contribution in [0.3, 0.4) is 0 Å². The number of aromatic nitrogens is 17. The Labute approximate surface area is 818 Å². The van der Waals surface area contributed by atoms with Crippen LogP contribution in [0.4, 0.5) is 13.2 Å². The van der Waals surface area contributed by atoms with Crippen molar-refractivity contribution in [3.63, 3.8) is 0 Å². The van der Waals surface area contributed by atoms with Gasteiger partial charge in [0.05, 0.1) is 75.9 Å². The van der Waals surface area contributed by atoms with E-state index in [1.165, 1.54) is 199 Å². The number of halogens is 3. The summed E-state index contributed by atoms with van der Waals surface area (Å²) in [6.07, 6.45) is 21.8. The lowest BCUT2D eigenvalue weighted by Gasteiger charge is -2.11. The molecule has 137 heavy (non-hydrogen) atoms. The van der Waals surface area contributed by atoms with Crippen LogP contribution in [0.2, 0.25) is 0 Å². The van der Waals surface area contributed by atoms with Crippen LogP contribution in [0.15, 0.2) is 196 Å². The van der Waals surface area contributed by atoms with Crippen molar-refractivity contribution in [3.05, 3.63) is 312 Å². The molecule has 0 fully saturated rings. The molecule has 12 aromatic heterocycles. The Morgan fingerprint density at radius 1 is 0.277 bits per heavy atom. The number of nitrogens with zero attached hydrogens (tertiary/aromatic N) is 17. The molecular formula is C114H137F3N17S3+9. The highest BCUT2D eigenvalue weighted by Crippen LogP contribution is 2.38. The summed E-state index contributed by atoms with van der Waals surface area (Å²) in [5, 5.41) is 18.4. The second-order valence-electron chi connectivity index (χ2n) is 35.7. The molecule has 0 amide bonds. The first-order chi connectivity index (χ1) is 65.4. The zero-order valence-corrected chi connectivity index (χ0v) is 88.2. The predicted octanol–water partition coefficient (Wildman–Crippen LogP) is 22.1. The molecule has 17 nitrogen and oxygen atoms in total. The van der Waals surface area contributed by atoms with Crippen LogP contribution in [-0.2, 0) is 127 Å². The highest BCUT2D eigenvalue weighted by Gasteiger charge is 2.38. The predicted molar refractivity (Wildman–Crippen MR) is 559 cm³/mol. The topological polar surface area (TPSA) is 138 Å². The van der Waals surface area contributed by atoms with Crippen LogP contribution in [-0.4, -0.2) is 39.9 Å². The first kappa shape index (κ1) is 103. The Morgan fingerprint density at radius 3 is 1.20 bits per heavy atom. The molecule has 12 heterocycles. The lowest BCUT2D eigenvalue weighted by atomic mass is 10.0. The van der Waals surface area contributed by atoms with Gasteiger partial charge in [0.15, 0.2) is 56.9 Å². The number of hydrogen-bond acceptors (Lipinski definition) is 11.